The van der Waals surface area contributed by atoms with Gasteiger partial charge in [-0.3, -0.25) is 4.79 Å². The smallest absolute Gasteiger partial charge is 0.323 e. The van der Waals surface area contributed by atoms with Gasteiger partial charge in [0.15, 0.2) is 0 Å². The van der Waals surface area contributed by atoms with E-state index in [9.17, 15) is 4.79 Å². The molecule has 4 heteroatoms. The molecule has 0 aliphatic carbocycles. The zero-order valence-electron chi connectivity index (χ0n) is 8.47. The maximum atomic E-state index is 10.9. The Morgan fingerprint density at radius 2 is 2.00 bits per heavy atom. The molecule has 76 valence electrons. The van der Waals surface area contributed by atoms with Gasteiger partial charge in [0, 0.05) is 8.07 Å². The third-order valence-electron chi connectivity index (χ3n) is 3.15. The molecule has 1 aliphatic rings. The molecule has 1 fully saturated rings. The molecule has 0 radical (unpaired) electrons. The lowest BCUT2D eigenvalue weighted by Crippen LogP contribution is -2.47. The fraction of sp³-hybridized carbons (Fsp3) is 0.889. The number of hydrogen-bond donors (Lipinski definition) is 2. The van der Waals surface area contributed by atoms with Crippen LogP contribution < -0.4 is 5.73 Å². The molecule has 1 aliphatic heterocycles. The second kappa shape index (κ2) is 3.42. The Labute approximate surface area is 80.3 Å². The Kier molecular flexibility index (Phi) is 2.82. The summed E-state index contributed by atoms with van der Waals surface area (Å²) in [6.07, 6.45) is 2.31. The van der Waals surface area contributed by atoms with Crippen molar-refractivity contribution in [2.75, 3.05) is 0 Å². The number of carboxylic acid groups (broad SMARTS) is 1. The van der Waals surface area contributed by atoms with Crippen LogP contribution in [0.2, 0.25) is 25.2 Å². The predicted octanol–water partition coefficient (Wildman–Crippen LogP) is 1.66. The van der Waals surface area contributed by atoms with Crippen molar-refractivity contribution in [2.45, 2.75) is 50.0 Å². The zero-order chi connectivity index (χ0) is 10.1. The Bertz CT molecular complexity index is 218. The molecule has 0 saturated carbocycles. The van der Waals surface area contributed by atoms with Crippen molar-refractivity contribution in [2.24, 2.45) is 5.73 Å². The highest BCUT2D eigenvalue weighted by atomic mass is 28.3. The fourth-order valence-corrected chi connectivity index (χ4v) is 4.41. The van der Waals surface area contributed by atoms with Crippen molar-refractivity contribution in [3.8, 4) is 0 Å². The molecular formula is C9H19NO2Si. The molecule has 0 aromatic carbocycles. The number of aliphatic carboxylic acids is 1. The largest absolute Gasteiger partial charge is 0.480 e. The topological polar surface area (TPSA) is 63.3 Å². The van der Waals surface area contributed by atoms with Gasteiger partial charge >= 0.3 is 5.97 Å². The molecule has 3 N–H and O–H groups in total. The van der Waals surface area contributed by atoms with Crippen molar-refractivity contribution in [3.63, 3.8) is 0 Å². The van der Waals surface area contributed by atoms with Crippen LogP contribution in [0.15, 0.2) is 0 Å². The lowest BCUT2D eigenvalue weighted by molar-refractivity contribution is -0.143. The Hall–Kier alpha value is -0.353. The summed E-state index contributed by atoms with van der Waals surface area (Å²) in [5.74, 6) is -0.820. The van der Waals surface area contributed by atoms with Crippen LogP contribution in [0.3, 0.4) is 0 Å². The molecular weight excluding hydrogens is 182 g/mol. The van der Waals surface area contributed by atoms with Gasteiger partial charge in [-0.1, -0.05) is 31.6 Å². The van der Waals surface area contributed by atoms with E-state index in [4.69, 9.17) is 10.8 Å². The van der Waals surface area contributed by atoms with E-state index in [1.807, 2.05) is 0 Å². The second-order valence-electron chi connectivity index (χ2n) is 4.98. The molecule has 1 rings (SSSR count). The van der Waals surface area contributed by atoms with Crippen molar-refractivity contribution in [1.29, 1.82) is 0 Å². The van der Waals surface area contributed by atoms with Crippen LogP contribution in [0.4, 0.5) is 0 Å². The molecule has 0 spiro atoms. The number of rotatable bonds is 1. The van der Waals surface area contributed by atoms with Gasteiger partial charge in [0.1, 0.15) is 5.54 Å². The Balaban J connectivity index is 2.69. The summed E-state index contributed by atoms with van der Waals surface area (Å²) in [6, 6.07) is 2.27. The Morgan fingerprint density at radius 3 is 2.54 bits per heavy atom. The van der Waals surface area contributed by atoms with Crippen molar-refractivity contribution < 1.29 is 9.90 Å². The first-order chi connectivity index (χ1) is 5.86. The minimum absolute atomic E-state index is 0.652. The van der Waals surface area contributed by atoms with Gasteiger partial charge < -0.3 is 10.8 Å². The fourth-order valence-electron chi connectivity index (χ4n) is 1.91. The van der Waals surface area contributed by atoms with E-state index in [0.717, 1.165) is 12.5 Å². The monoisotopic (exact) mass is 201 g/mol. The van der Waals surface area contributed by atoms with Gasteiger partial charge in [0.25, 0.3) is 0 Å². The van der Waals surface area contributed by atoms with Crippen molar-refractivity contribution in [1.82, 2.24) is 0 Å². The second-order valence-corrected chi connectivity index (χ2v) is 10.3. The summed E-state index contributed by atoms with van der Waals surface area (Å²) in [5.41, 5.74) is 4.92. The van der Waals surface area contributed by atoms with Gasteiger partial charge in [-0.05, 0) is 12.8 Å². The summed E-state index contributed by atoms with van der Waals surface area (Å²) >= 11 is 0. The minimum atomic E-state index is -1.12. The van der Waals surface area contributed by atoms with E-state index < -0.39 is 19.6 Å². The minimum Gasteiger partial charge on any atom is -0.480 e. The van der Waals surface area contributed by atoms with Crippen LogP contribution in [0.25, 0.3) is 0 Å². The van der Waals surface area contributed by atoms with Crippen LogP contribution in [-0.2, 0) is 4.79 Å². The van der Waals surface area contributed by atoms with Gasteiger partial charge in [0.2, 0.25) is 0 Å². The number of carbonyl (C=O) groups is 1. The maximum Gasteiger partial charge on any atom is 0.323 e. The summed E-state index contributed by atoms with van der Waals surface area (Å²) < 4.78 is 0. The van der Waals surface area contributed by atoms with E-state index >= 15 is 0 Å². The molecule has 0 bridgehead atoms. The van der Waals surface area contributed by atoms with Crippen LogP contribution in [0.5, 0.6) is 0 Å². The standard InChI is InChI=1S/C9H19NO2Si/c1-13(2)6-3-4-9(10,5-7-13)8(11)12/h3-7,10H2,1-2H3,(H,11,12)/t9-/m0/s1. The van der Waals surface area contributed by atoms with Gasteiger partial charge in [-0.15, -0.1) is 0 Å². The lowest BCUT2D eigenvalue weighted by Gasteiger charge is -2.23. The number of nitrogens with two attached hydrogens (primary N) is 1. The molecule has 0 unspecified atom stereocenters. The average Bonchev–Trinajstić information content (AvgIpc) is 2.12. The van der Waals surface area contributed by atoms with E-state index in [-0.39, 0.29) is 0 Å². The molecule has 0 amide bonds. The molecule has 3 nitrogen and oxygen atoms in total. The summed E-state index contributed by atoms with van der Waals surface area (Å²) in [4.78, 5) is 10.9. The highest BCUT2D eigenvalue weighted by Crippen LogP contribution is 2.31. The van der Waals surface area contributed by atoms with Crippen LogP contribution in [0.1, 0.15) is 19.3 Å². The van der Waals surface area contributed by atoms with Crippen LogP contribution in [-0.4, -0.2) is 24.7 Å². The summed E-state index contributed by atoms with van der Waals surface area (Å²) in [7, 11) is -1.12. The summed E-state index contributed by atoms with van der Waals surface area (Å²) in [6.45, 7) is 4.64. The van der Waals surface area contributed by atoms with Gasteiger partial charge in [-0.2, -0.15) is 0 Å². The number of carboxylic acids is 1. The third-order valence-corrected chi connectivity index (χ3v) is 6.46. The van der Waals surface area contributed by atoms with E-state index in [0.29, 0.717) is 12.8 Å². The van der Waals surface area contributed by atoms with Crippen molar-refractivity contribution in [3.05, 3.63) is 0 Å². The Morgan fingerprint density at radius 1 is 1.38 bits per heavy atom. The molecule has 1 saturated heterocycles. The zero-order valence-corrected chi connectivity index (χ0v) is 9.47. The normalized spacial score (nSPS) is 33.8. The highest BCUT2D eigenvalue weighted by molar-refractivity contribution is 6.77. The van der Waals surface area contributed by atoms with E-state index in [1.165, 1.54) is 6.04 Å². The van der Waals surface area contributed by atoms with Crippen molar-refractivity contribution >= 4 is 14.0 Å². The quantitative estimate of drug-likeness (QED) is 0.634. The van der Waals surface area contributed by atoms with Gasteiger partial charge in [0.05, 0.1) is 0 Å². The highest BCUT2D eigenvalue weighted by Gasteiger charge is 2.38. The molecule has 0 aromatic rings. The average molecular weight is 201 g/mol. The molecule has 13 heavy (non-hydrogen) atoms. The van der Waals surface area contributed by atoms with Crippen LogP contribution >= 0.6 is 0 Å². The third kappa shape index (κ3) is 2.54. The first-order valence-corrected chi connectivity index (χ1v) is 8.29. The molecule has 0 aromatic heterocycles. The SMILES string of the molecule is C[Si]1(C)CCC[C@@](N)(C(=O)O)CC1. The van der Waals surface area contributed by atoms with Crippen LogP contribution in [0, 0.1) is 0 Å². The first-order valence-electron chi connectivity index (χ1n) is 4.88. The lowest BCUT2D eigenvalue weighted by atomic mass is 9.92. The molecule has 1 atom stereocenters. The predicted molar refractivity (Wildman–Crippen MR) is 55.5 cm³/mol. The van der Waals surface area contributed by atoms with E-state index in [1.54, 1.807) is 0 Å². The summed E-state index contributed by atoms with van der Waals surface area (Å²) in [5, 5.41) is 8.98. The number of hydrogen-bond acceptors (Lipinski definition) is 2. The molecule has 1 heterocycles. The van der Waals surface area contributed by atoms with Gasteiger partial charge in [-0.25, -0.2) is 0 Å². The maximum absolute atomic E-state index is 10.9. The first kappa shape index (κ1) is 10.7. The van der Waals surface area contributed by atoms with E-state index in [2.05, 4.69) is 13.1 Å².